The van der Waals surface area contributed by atoms with Gasteiger partial charge in [0.1, 0.15) is 5.82 Å². The van der Waals surface area contributed by atoms with E-state index in [-0.39, 0.29) is 36.1 Å². The van der Waals surface area contributed by atoms with Crippen LogP contribution in [0.15, 0.2) is 6.20 Å². The molecule has 0 aliphatic carbocycles. The molecule has 0 aromatic carbocycles. The van der Waals surface area contributed by atoms with Crippen molar-refractivity contribution in [3.63, 3.8) is 0 Å². The number of hydrogen-bond donors (Lipinski definition) is 1. The lowest BCUT2D eigenvalue weighted by Crippen LogP contribution is -2.58. The van der Waals surface area contributed by atoms with Gasteiger partial charge in [0.15, 0.2) is 0 Å². The fourth-order valence-corrected chi connectivity index (χ4v) is 4.33. The van der Waals surface area contributed by atoms with Gasteiger partial charge >= 0.3 is 0 Å². The van der Waals surface area contributed by atoms with Crippen LogP contribution in [0.2, 0.25) is 0 Å². The zero-order chi connectivity index (χ0) is 18.1. The minimum Gasteiger partial charge on any atom is -0.373 e. The van der Waals surface area contributed by atoms with Crippen LogP contribution >= 0.6 is 0 Å². The molecule has 1 fully saturated rings. The normalized spacial score (nSPS) is 28.6. The molecule has 1 N–H and O–H groups in total. The molecular weight excluding hydrogens is 316 g/mol. The predicted octanol–water partition coefficient (Wildman–Crippen LogP) is 1.76. The van der Waals surface area contributed by atoms with Crippen LogP contribution in [-0.4, -0.2) is 57.7 Å². The average molecular weight is 348 g/mol. The predicted molar refractivity (Wildman–Crippen MR) is 97.4 cm³/mol. The first kappa shape index (κ1) is 18.4. The van der Waals surface area contributed by atoms with E-state index in [0.29, 0.717) is 0 Å². The molecule has 3 heterocycles. The number of carbonyl (C=O) groups excluding carboxylic acids is 1. The van der Waals surface area contributed by atoms with Crippen LogP contribution in [-0.2, 0) is 22.5 Å². The summed E-state index contributed by atoms with van der Waals surface area (Å²) in [5.41, 5.74) is 1.05. The third-order valence-corrected chi connectivity index (χ3v) is 5.20. The minimum absolute atomic E-state index is 0.0975. The molecule has 1 aromatic rings. The first-order valence-electron chi connectivity index (χ1n) is 9.56. The summed E-state index contributed by atoms with van der Waals surface area (Å²) in [6.07, 6.45) is 4.31. The van der Waals surface area contributed by atoms with E-state index in [1.807, 2.05) is 6.92 Å². The van der Waals surface area contributed by atoms with Gasteiger partial charge in [0.2, 0.25) is 5.91 Å². The van der Waals surface area contributed by atoms with Crippen molar-refractivity contribution in [1.82, 2.24) is 19.8 Å². The molecule has 4 atom stereocenters. The van der Waals surface area contributed by atoms with E-state index < -0.39 is 0 Å². The second kappa shape index (κ2) is 7.46. The van der Waals surface area contributed by atoms with E-state index in [1.165, 1.54) is 0 Å². The van der Waals surface area contributed by atoms with Gasteiger partial charge in [0.05, 0.1) is 23.9 Å². The number of nitrogens with one attached hydrogen (secondary N) is 1. The average Bonchev–Trinajstić information content (AvgIpc) is 2.85. The fourth-order valence-electron chi connectivity index (χ4n) is 4.33. The van der Waals surface area contributed by atoms with Crippen molar-refractivity contribution >= 4 is 5.91 Å². The molecule has 1 saturated heterocycles. The molecule has 6 heteroatoms. The van der Waals surface area contributed by atoms with Crippen LogP contribution in [0.3, 0.4) is 0 Å². The number of fused-ring (bicyclic) bond motifs is 1. The largest absolute Gasteiger partial charge is 0.373 e. The van der Waals surface area contributed by atoms with Crippen LogP contribution in [0.5, 0.6) is 0 Å². The van der Waals surface area contributed by atoms with Crippen LogP contribution in [0.1, 0.15) is 45.6 Å². The van der Waals surface area contributed by atoms with Crippen molar-refractivity contribution in [2.45, 2.75) is 78.3 Å². The Morgan fingerprint density at radius 1 is 1.28 bits per heavy atom. The Kier molecular flexibility index (Phi) is 5.49. The highest BCUT2D eigenvalue weighted by Gasteiger charge is 2.35. The van der Waals surface area contributed by atoms with Crippen LogP contribution in [0.25, 0.3) is 0 Å². The lowest BCUT2D eigenvalue weighted by Gasteiger charge is -2.41. The van der Waals surface area contributed by atoms with Gasteiger partial charge in [0, 0.05) is 38.3 Å². The SMILES string of the molecule is Cc1cn2c(n1)CC[C@H](NC(=O)[C@H](C(C)C)N1C[C@@H](C)O[C@@H](C)C1)C2. The van der Waals surface area contributed by atoms with Gasteiger partial charge in [-0.05, 0) is 33.1 Å². The smallest absolute Gasteiger partial charge is 0.237 e. The van der Waals surface area contributed by atoms with Crippen LogP contribution < -0.4 is 5.32 Å². The van der Waals surface area contributed by atoms with E-state index in [2.05, 4.69) is 53.7 Å². The van der Waals surface area contributed by atoms with Gasteiger partial charge in [0.25, 0.3) is 0 Å². The highest BCUT2D eigenvalue weighted by atomic mass is 16.5. The van der Waals surface area contributed by atoms with Gasteiger partial charge in [-0.2, -0.15) is 0 Å². The summed E-state index contributed by atoms with van der Waals surface area (Å²) in [5, 5.41) is 3.31. The molecule has 0 spiro atoms. The number of imidazole rings is 1. The lowest BCUT2D eigenvalue weighted by atomic mass is 9.98. The van der Waals surface area contributed by atoms with Crippen molar-refractivity contribution < 1.29 is 9.53 Å². The number of nitrogens with zero attached hydrogens (tertiary/aromatic N) is 3. The van der Waals surface area contributed by atoms with E-state index in [4.69, 9.17) is 4.74 Å². The maximum Gasteiger partial charge on any atom is 0.237 e. The maximum absolute atomic E-state index is 13.1. The standard InChI is InChI=1S/C19H32N4O2/c1-12(2)18(23-9-14(4)25-15(5)10-23)19(24)21-16-6-7-17-20-13(3)8-22(17)11-16/h8,12,14-16,18H,6-7,9-11H2,1-5H3,(H,21,24)/t14-,15+,16-,18-/m0/s1. The first-order chi connectivity index (χ1) is 11.8. The third kappa shape index (κ3) is 4.23. The molecule has 140 valence electrons. The van der Waals surface area contributed by atoms with Crippen molar-refractivity contribution in [1.29, 1.82) is 0 Å². The Hall–Kier alpha value is -1.40. The van der Waals surface area contributed by atoms with Crippen LogP contribution in [0.4, 0.5) is 0 Å². The number of aromatic nitrogens is 2. The van der Waals surface area contributed by atoms with Gasteiger partial charge in [-0.3, -0.25) is 9.69 Å². The Bertz CT molecular complexity index is 603. The highest BCUT2D eigenvalue weighted by molar-refractivity contribution is 5.82. The maximum atomic E-state index is 13.1. The lowest BCUT2D eigenvalue weighted by molar-refractivity contribution is -0.136. The van der Waals surface area contributed by atoms with E-state index in [0.717, 1.165) is 44.0 Å². The fraction of sp³-hybridized carbons (Fsp3) is 0.789. The van der Waals surface area contributed by atoms with Gasteiger partial charge in [-0.15, -0.1) is 0 Å². The van der Waals surface area contributed by atoms with Gasteiger partial charge in [-0.1, -0.05) is 13.8 Å². The number of carbonyl (C=O) groups is 1. The number of rotatable bonds is 4. The number of aryl methyl sites for hydroxylation is 2. The monoisotopic (exact) mass is 348 g/mol. The summed E-state index contributed by atoms with van der Waals surface area (Å²) in [4.78, 5) is 19.9. The minimum atomic E-state index is -0.0975. The summed E-state index contributed by atoms with van der Waals surface area (Å²) in [7, 11) is 0. The molecule has 2 aliphatic heterocycles. The van der Waals surface area contributed by atoms with E-state index >= 15 is 0 Å². The molecule has 25 heavy (non-hydrogen) atoms. The molecule has 1 amide bonds. The summed E-state index contributed by atoms with van der Waals surface area (Å²) in [5.74, 6) is 1.56. The number of amides is 1. The quantitative estimate of drug-likeness (QED) is 0.901. The van der Waals surface area contributed by atoms with Crippen molar-refractivity contribution in [3.05, 3.63) is 17.7 Å². The summed E-state index contributed by atoms with van der Waals surface area (Å²) >= 11 is 0. The third-order valence-electron chi connectivity index (χ3n) is 5.20. The highest BCUT2D eigenvalue weighted by Crippen LogP contribution is 2.20. The zero-order valence-corrected chi connectivity index (χ0v) is 16.2. The summed E-state index contributed by atoms with van der Waals surface area (Å²) < 4.78 is 8.02. The van der Waals surface area contributed by atoms with Crippen molar-refractivity contribution in [3.8, 4) is 0 Å². The number of morpholine rings is 1. The molecule has 0 unspecified atom stereocenters. The molecule has 0 saturated carbocycles. The summed E-state index contributed by atoms with van der Waals surface area (Å²) in [6, 6.07) is 0.0884. The Morgan fingerprint density at radius 3 is 2.60 bits per heavy atom. The zero-order valence-electron chi connectivity index (χ0n) is 16.2. The molecule has 0 bridgehead atoms. The molecule has 1 aromatic heterocycles. The first-order valence-corrected chi connectivity index (χ1v) is 9.56. The van der Waals surface area contributed by atoms with Crippen molar-refractivity contribution in [2.24, 2.45) is 5.92 Å². The molecule has 0 radical (unpaired) electrons. The van der Waals surface area contributed by atoms with Crippen molar-refractivity contribution in [2.75, 3.05) is 13.1 Å². The second-order valence-corrected chi connectivity index (χ2v) is 8.10. The van der Waals surface area contributed by atoms with E-state index in [1.54, 1.807) is 0 Å². The summed E-state index contributed by atoms with van der Waals surface area (Å²) in [6.45, 7) is 12.9. The number of hydrogen-bond acceptors (Lipinski definition) is 4. The second-order valence-electron chi connectivity index (χ2n) is 8.10. The van der Waals surface area contributed by atoms with Gasteiger partial charge < -0.3 is 14.6 Å². The molecule has 2 aliphatic rings. The molecule has 3 rings (SSSR count). The molecular formula is C19H32N4O2. The van der Waals surface area contributed by atoms with E-state index in [9.17, 15) is 4.79 Å². The Balaban J connectivity index is 1.65. The number of ether oxygens (including phenoxy) is 1. The van der Waals surface area contributed by atoms with Gasteiger partial charge in [-0.25, -0.2) is 4.98 Å². The molecule has 6 nitrogen and oxygen atoms in total. The van der Waals surface area contributed by atoms with Crippen LogP contribution in [0, 0.1) is 12.8 Å². The Morgan fingerprint density at radius 2 is 1.96 bits per heavy atom. The Labute approximate surface area is 150 Å². The topological polar surface area (TPSA) is 59.4 Å².